The van der Waals surface area contributed by atoms with E-state index in [9.17, 15) is 0 Å². The van der Waals surface area contributed by atoms with E-state index in [-0.39, 0.29) is 0 Å². The maximum absolute atomic E-state index is 2.61. The molecular weight excluding hydrogens is 396 g/mol. The Kier molecular flexibility index (Phi) is 21.1. The summed E-state index contributed by atoms with van der Waals surface area (Å²) in [4.78, 5) is 0. The Morgan fingerprint density at radius 1 is 0.394 bits per heavy atom. The van der Waals surface area contributed by atoms with Crippen LogP contribution in [0.3, 0.4) is 0 Å². The number of hydrogen-bond acceptors (Lipinski definition) is 0. The van der Waals surface area contributed by atoms with Gasteiger partial charge in [0.05, 0.1) is 0 Å². The predicted octanol–water partition coefficient (Wildman–Crippen LogP) is 12.3. The molecule has 0 spiro atoms. The van der Waals surface area contributed by atoms with E-state index < -0.39 is 0 Å². The van der Waals surface area contributed by atoms with Gasteiger partial charge in [-0.3, -0.25) is 0 Å². The predicted molar refractivity (Wildman–Crippen MR) is 152 cm³/mol. The molecule has 198 valence electrons. The maximum atomic E-state index is 2.61. The Morgan fingerprint density at radius 3 is 1.21 bits per heavy atom. The van der Waals surface area contributed by atoms with Crippen LogP contribution in [0.15, 0.2) is 0 Å². The third-order valence-electron chi connectivity index (χ3n) is 9.09. The summed E-state index contributed by atoms with van der Waals surface area (Å²) in [6, 6.07) is 0. The molecule has 1 fully saturated rings. The summed E-state index contributed by atoms with van der Waals surface area (Å²) in [6.45, 7) is 9.61. The van der Waals surface area contributed by atoms with Gasteiger partial charge in [-0.15, -0.1) is 0 Å². The van der Waals surface area contributed by atoms with E-state index in [0.29, 0.717) is 0 Å². The minimum Gasteiger partial charge on any atom is -0.0654 e. The molecule has 1 aliphatic rings. The lowest BCUT2D eigenvalue weighted by Crippen LogP contribution is -2.34. The number of unbranched alkanes of at least 4 members (excludes halogenated alkanes) is 17. The van der Waals surface area contributed by atoms with Crippen molar-refractivity contribution in [2.24, 2.45) is 23.7 Å². The Morgan fingerprint density at radius 2 is 0.758 bits per heavy atom. The second kappa shape index (κ2) is 22.5. The van der Waals surface area contributed by atoms with Crippen molar-refractivity contribution in [2.45, 2.75) is 188 Å². The summed E-state index contributed by atoms with van der Waals surface area (Å²) < 4.78 is 0. The Balaban J connectivity index is 2.46. The van der Waals surface area contributed by atoms with E-state index in [1.165, 1.54) is 135 Å². The van der Waals surface area contributed by atoms with E-state index in [4.69, 9.17) is 0 Å². The third-order valence-corrected chi connectivity index (χ3v) is 9.09. The minimum absolute atomic E-state index is 0.987. The SMILES string of the molecule is CCCCCCCCCC1CCC(C)C(CCCCCCCC)C1CCCCCCCCC. The van der Waals surface area contributed by atoms with Crippen molar-refractivity contribution in [1.29, 1.82) is 0 Å². The van der Waals surface area contributed by atoms with Crippen molar-refractivity contribution in [3.8, 4) is 0 Å². The second-order valence-electron chi connectivity index (χ2n) is 12.0. The highest BCUT2D eigenvalue weighted by molar-refractivity contribution is 4.86. The fourth-order valence-electron chi connectivity index (χ4n) is 6.84. The quantitative estimate of drug-likeness (QED) is 0.132. The van der Waals surface area contributed by atoms with Crippen molar-refractivity contribution in [3.63, 3.8) is 0 Å². The Hall–Kier alpha value is 0. The summed E-state index contributed by atoms with van der Waals surface area (Å²) >= 11 is 0. The van der Waals surface area contributed by atoms with Gasteiger partial charge in [0.2, 0.25) is 0 Å². The molecule has 0 aliphatic heterocycles. The zero-order valence-electron chi connectivity index (χ0n) is 24.0. The van der Waals surface area contributed by atoms with Crippen LogP contribution in [-0.2, 0) is 0 Å². The largest absolute Gasteiger partial charge is 0.0654 e. The smallest absolute Gasteiger partial charge is 0.0355 e. The van der Waals surface area contributed by atoms with Gasteiger partial charge in [-0.2, -0.15) is 0 Å². The standard InChI is InChI=1S/C33H66/c1-5-8-11-14-17-19-22-25-31-29-28-30(4)32(26-23-20-16-13-10-7-3)33(31)27-24-21-18-15-12-9-6-2/h30-33H,5-29H2,1-4H3. The van der Waals surface area contributed by atoms with Gasteiger partial charge in [0, 0.05) is 0 Å². The summed E-state index contributed by atoms with van der Waals surface area (Å²) in [5.74, 6) is 4.14. The lowest BCUT2D eigenvalue weighted by molar-refractivity contribution is 0.0724. The fraction of sp³-hybridized carbons (Fsp3) is 1.00. The van der Waals surface area contributed by atoms with Crippen LogP contribution >= 0.6 is 0 Å². The summed E-state index contributed by atoms with van der Waals surface area (Å²) in [5.41, 5.74) is 0. The van der Waals surface area contributed by atoms with Gasteiger partial charge in [0.15, 0.2) is 0 Å². The number of hydrogen-bond donors (Lipinski definition) is 0. The van der Waals surface area contributed by atoms with Gasteiger partial charge in [-0.05, 0) is 42.9 Å². The number of rotatable bonds is 23. The molecule has 0 N–H and O–H groups in total. The average Bonchev–Trinajstić information content (AvgIpc) is 2.82. The molecule has 4 atom stereocenters. The zero-order chi connectivity index (χ0) is 24.0. The molecule has 0 heterocycles. The van der Waals surface area contributed by atoms with Crippen LogP contribution < -0.4 is 0 Å². The zero-order valence-corrected chi connectivity index (χ0v) is 24.0. The van der Waals surface area contributed by atoms with Gasteiger partial charge in [-0.1, -0.05) is 169 Å². The first kappa shape index (κ1) is 31.0. The lowest BCUT2D eigenvalue weighted by Gasteiger charge is -2.43. The van der Waals surface area contributed by atoms with Gasteiger partial charge in [0.25, 0.3) is 0 Å². The van der Waals surface area contributed by atoms with Crippen LogP contribution in [0.4, 0.5) is 0 Å². The molecule has 0 amide bonds. The van der Waals surface area contributed by atoms with E-state index in [0.717, 1.165) is 23.7 Å². The molecule has 0 heteroatoms. The molecule has 0 nitrogen and oxygen atoms in total. The summed E-state index contributed by atoms with van der Waals surface area (Å²) in [6.07, 6.45) is 37.1. The van der Waals surface area contributed by atoms with Crippen molar-refractivity contribution in [2.75, 3.05) is 0 Å². The summed E-state index contributed by atoms with van der Waals surface area (Å²) in [7, 11) is 0. The van der Waals surface area contributed by atoms with Crippen molar-refractivity contribution in [3.05, 3.63) is 0 Å². The van der Waals surface area contributed by atoms with Crippen LogP contribution in [-0.4, -0.2) is 0 Å². The van der Waals surface area contributed by atoms with E-state index in [1.807, 2.05) is 0 Å². The second-order valence-corrected chi connectivity index (χ2v) is 12.0. The fourth-order valence-corrected chi connectivity index (χ4v) is 6.84. The molecule has 0 bridgehead atoms. The van der Waals surface area contributed by atoms with Crippen molar-refractivity contribution >= 4 is 0 Å². The summed E-state index contributed by atoms with van der Waals surface area (Å²) in [5, 5.41) is 0. The molecule has 1 rings (SSSR count). The molecule has 0 aromatic rings. The highest BCUT2D eigenvalue weighted by atomic mass is 14.4. The Bertz CT molecular complexity index is 385. The molecule has 0 radical (unpaired) electrons. The molecule has 1 aliphatic carbocycles. The lowest BCUT2D eigenvalue weighted by atomic mass is 9.63. The van der Waals surface area contributed by atoms with E-state index >= 15 is 0 Å². The normalized spacial score (nSPS) is 23.3. The van der Waals surface area contributed by atoms with Crippen LogP contribution in [0, 0.1) is 23.7 Å². The molecule has 4 unspecified atom stereocenters. The van der Waals surface area contributed by atoms with Crippen molar-refractivity contribution < 1.29 is 0 Å². The highest BCUT2D eigenvalue weighted by Crippen LogP contribution is 2.46. The molecular formula is C33H66. The molecule has 1 saturated carbocycles. The Labute approximate surface area is 211 Å². The molecule has 0 aromatic heterocycles. The van der Waals surface area contributed by atoms with E-state index in [1.54, 1.807) is 25.7 Å². The van der Waals surface area contributed by atoms with Crippen molar-refractivity contribution in [1.82, 2.24) is 0 Å². The maximum Gasteiger partial charge on any atom is -0.0355 e. The van der Waals surface area contributed by atoms with Gasteiger partial charge in [-0.25, -0.2) is 0 Å². The third kappa shape index (κ3) is 15.6. The van der Waals surface area contributed by atoms with Crippen LogP contribution in [0.5, 0.6) is 0 Å². The van der Waals surface area contributed by atoms with Crippen LogP contribution in [0.1, 0.15) is 188 Å². The first-order valence-corrected chi connectivity index (χ1v) is 16.2. The monoisotopic (exact) mass is 463 g/mol. The van der Waals surface area contributed by atoms with Gasteiger partial charge in [0.1, 0.15) is 0 Å². The van der Waals surface area contributed by atoms with Crippen LogP contribution in [0.2, 0.25) is 0 Å². The average molecular weight is 463 g/mol. The molecule has 33 heavy (non-hydrogen) atoms. The molecule has 0 saturated heterocycles. The first-order valence-electron chi connectivity index (χ1n) is 16.2. The topological polar surface area (TPSA) is 0 Å². The highest BCUT2D eigenvalue weighted by Gasteiger charge is 2.36. The molecule has 0 aromatic carbocycles. The van der Waals surface area contributed by atoms with Gasteiger partial charge >= 0.3 is 0 Å². The van der Waals surface area contributed by atoms with E-state index in [2.05, 4.69) is 27.7 Å². The van der Waals surface area contributed by atoms with Crippen LogP contribution in [0.25, 0.3) is 0 Å². The first-order chi connectivity index (χ1) is 16.2. The minimum atomic E-state index is 0.987. The van der Waals surface area contributed by atoms with Gasteiger partial charge < -0.3 is 0 Å².